The maximum Gasteiger partial charge on any atom is 0.407 e. The van der Waals surface area contributed by atoms with Crippen molar-refractivity contribution in [2.24, 2.45) is 0 Å². The lowest BCUT2D eigenvalue weighted by Crippen LogP contribution is -2.51. The smallest absolute Gasteiger partial charge is 0.407 e. The van der Waals surface area contributed by atoms with Gasteiger partial charge in [-0.05, 0) is 54.8 Å². The average Bonchev–Trinajstić information content (AvgIpc) is 3.13. The Morgan fingerprint density at radius 1 is 1.34 bits per heavy atom. The van der Waals surface area contributed by atoms with E-state index in [9.17, 15) is 14.0 Å². The summed E-state index contributed by atoms with van der Waals surface area (Å²) in [6, 6.07) is 5.20. The number of rotatable bonds is 6. The highest BCUT2D eigenvalue weighted by Gasteiger charge is 2.32. The van der Waals surface area contributed by atoms with Crippen LogP contribution in [0.4, 0.5) is 9.18 Å². The zero-order valence-corrected chi connectivity index (χ0v) is 16.5. The lowest BCUT2D eigenvalue weighted by atomic mass is 10.0. The van der Waals surface area contributed by atoms with Gasteiger partial charge in [0.1, 0.15) is 17.7 Å². The van der Waals surface area contributed by atoms with E-state index >= 15 is 0 Å². The van der Waals surface area contributed by atoms with Crippen LogP contribution in [0.1, 0.15) is 37.2 Å². The Bertz CT molecular complexity index is 841. The number of nitrogens with zero attached hydrogens (tertiary/aromatic N) is 5. The van der Waals surface area contributed by atoms with E-state index in [1.807, 2.05) is 0 Å². The number of piperidine rings is 1. The predicted octanol–water partition coefficient (Wildman–Crippen LogP) is 1.64. The van der Waals surface area contributed by atoms with Gasteiger partial charge in [-0.2, -0.15) is 0 Å². The molecule has 0 radical (unpaired) electrons. The third kappa shape index (κ3) is 5.27. The molecule has 2 aromatic rings. The molecule has 1 aliphatic rings. The number of nitrogens with one attached hydrogen (secondary N) is 1. The number of hydrogen-bond acceptors (Lipinski definition) is 6. The van der Waals surface area contributed by atoms with Gasteiger partial charge in [-0.15, -0.1) is 5.10 Å². The van der Waals surface area contributed by atoms with Crippen molar-refractivity contribution in [1.82, 2.24) is 30.4 Å². The summed E-state index contributed by atoms with van der Waals surface area (Å²) in [5, 5.41) is 14.3. The Morgan fingerprint density at radius 3 is 2.76 bits per heavy atom. The first-order valence-electron chi connectivity index (χ1n) is 9.69. The second-order valence-corrected chi connectivity index (χ2v) is 7.01. The van der Waals surface area contributed by atoms with Crippen LogP contribution in [0.3, 0.4) is 0 Å². The van der Waals surface area contributed by atoms with Gasteiger partial charge in [-0.1, -0.05) is 12.1 Å². The summed E-state index contributed by atoms with van der Waals surface area (Å²) in [6.07, 6.45) is 1.39. The van der Waals surface area contributed by atoms with Crippen LogP contribution in [0.5, 0.6) is 0 Å². The summed E-state index contributed by atoms with van der Waals surface area (Å²) in [6.45, 7) is 4.73. The number of carbonyl (C=O) groups excluding carboxylic acids is 2. The van der Waals surface area contributed by atoms with E-state index in [4.69, 9.17) is 4.74 Å². The summed E-state index contributed by atoms with van der Waals surface area (Å²) in [5.74, 6) is 0.0443. The van der Waals surface area contributed by atoms with Crippen LogP contribution in [0.15, 0.2) is 24.3 Å². The molecule has 3 rings (SSSR count). The Labute approximate surface area is 168 Å². The van der Waals surface area contributed by atoms with Gasteiger partial charge < -0.3 is 15.0 Å². The fourth-order valence-electron chi connectivity index (χ4n) is 3.49. The first-order chi connectivity index (χ1) is 14.0. The van der Waals surface area contributed by atoms with E-state index in [1.54, 1.807) is 30.9 Å². The molecule has 0 spiro atoms. The number of alkyl carbamates (subject to hydrolysis) is 1. The maximum absolute atomic E-state index is 13.4. The molecule has 2 amide bonds. The maximum atomic E-state index is 13.4. The quantitative estimate of drug-likeness (QED) is 0.785. The highest BCUT2D eigenvalue weighted by Crippen LogP contribution is 2.21. The van der Waals surface area contributed by atoms with Crippen LogP contribution in [-0.4, -0.2) is 62.8 Å². The van der Waals surface area contributed by atoms with Gasteiger partial charge in [0.2, 0.25) is 5.91 Å². The molecular formula is C19H25FN6O3. The number of amides is 2. The van der Waals surface area contributed by atoms with Crippen molar-refractivity contribution < 1.29 is 18.7 Å². The van der Waals surface area contributed by atoms with Crippen molar-refractivity contribution >= 4 is 12.0 Å². The minimum atomic E-state index is -0.656. The number of halogens is 1. The van der Waals surface area contributed by atoms with Crippen LogP contribution in [0.2, 0.25) is 0 Å². The van der Waals surface area contributed by atoms with E-state index in [-0.39, 0.29) is 17.8 Å². The molecule has 1 aliphatic heterocycles. The molecule has 1 aromatic carbocycles. The van der Waals surface area contributed by atoms with Crippen molar-refractivity contribution in [1.29, 1.82) is 0 Å². The number of aryl methyl sites for hydroxylation is 1. The highest BCUT2D eigenvalue weighted by molar-refractivity contribution is 5.81. The Kier molecular flexibility index (Phi) is 6.73. The van der Waals surface area contributed by atoms with E-state index in [0.29, 0.717) is 31.9 Å². The fourth-order valence-corrected chi connectivity index (χ4v) is 3.49. The molecule has 2 heterocycles. The Hall–Kier alpha value is -3.04. The van der Waals surface area contributed by atoms with Crippen LogP contribution < -0.4 is 5.32 Å². The predicted molar refractivity (Wildman–Crippen MR) is 101 cm³/mol. The second kappa shape index (κ2) is 9.44. The number of hydrogen-bond donors (Lipinski definition) is 1. The number of likely N-dealkylation sites (tertiary alicyclic amines) is 1. The van der Waals surface area contributed by atoms with Crippen molar-refractivity contribution in [2.75, 3.05) is 19.7 Å². The van der Waals surface area contributed by atoms with E-state index in [2.05, 4.69) is 20.8 Å². The minimum absolute atomic E-state index is 0.139. The Balaban J connectivity index is 1.76. The average molecular weight is 404 g/mol. The van der Waals surface area contributed by atoms with Crippen LogP contribution in [-0.2, 0) is 16.0 Å². The normalized spacial score (nSPS) is 17.6. The third-order valence-electron chi connectivity index (χ3n) is 4.91. The van der Waals surface area contributed by atoms with Crippen LogP contribution in [0, 0.1) is 12.7 Å². The van der Waals surface area contributed by atoms with Crippen LogP contribution in [0.25, 0.3) is 0 Å². The summed E-state index contributed by atoms with van der Waals surface area (Å²) < 4.78 is 19.7. The molecule has 1 saturated heterocycles. The van der Waals surface area contributed by atoms with E-state index in [1.165, 1.54) is 16.8 Å². The topological polar surface area (TPSA) is 102 Å². The van der Waals surface area contributed by atoms with Crippen molar-refractivity contribution in [3.63, 3.8) is 0 Å². The molecule has 0 saturated carbocycles. The summed E-state index contributed by atoms with van der Waals surface area (Å²) >= 11 is 0. The SMILES string of the molecule is CCOC(=O)N[C@@H]1CCCN(C(=O)[C@H](Cc2ccc(F)cc2)n2nnnc2C)C1. The zero-order chi connectivity index (χ0) is 20.8. The van der Waals surface area contributed by atoms with Gasteiger partial charge in [-0.3, -0.25) is 4.79 Å². The Morgan fingerprint density at radius 2 is 2.10 bits per heavy atom. The molecule has 0 bridgehead atoms. The number of ether oxygens (including phenoxy) is 1. The molecule has 156 valence electrons. The first-order valence-corrected chi connectivity index (χ1v) is 9.69. The monoisotopic (exact) mass is 404 g/mol. The summed E-state index contributed by atoms with van der Waals surface area (Å²) in [7, 11) is 0. The number of carbonyl (C=O) groups is 2. The van der Waals surface area contributed by atoms with E-state index in [0.717, 1.165) is 18.4 Å². The molecular weight excluding hydrogens is 379 g/mol. The highest BCUT2D eigenvalue weighted by atomic mass is 19.1. The van der Waals surface area contributed by atoms with Gasteiger partial charge in [-0.25, -0.2) is 13.9 Å². The van der Waals surface area contributed by atoms with Crippen LogP contribution >= 0.6 is 0 Å². The molecule has 9 nitrogen and oxygen atoms in total. The molecule has 1 aromatic heterocycles. The molecule has 1 fully saturated rings. The molecule has 29 heavy (non-hydrogen) atoms. The largest absolute Gasteiger partial charge is 0.450 e. The lowest BCUT2D eigenvalue weighted by molar-refractivity contribution is -0.136. The molecule has 10 heteroatoms. The molecule has 1 N–H and O–H groups in total. The summed E-state index contributed by atoms with van der Waals surface area (Å²) in [5.41, 5.74) is 0.804. The van der Waals surface area contributed by atoms with Crippen molar-refractivity contribution in [3.8, 4) is 0 Å². The number of aromatic nitrogens is 4. The number of benzene rings is 1. The minimum Gasteiger partial charge on any atom is -0.450 e. The van der Waals surface area contributed by atoms with Gasteiger partial charge in [0.05, 0.1) is 6.61 Å². The van der Waals surface area contributed by atoms with Crippen molar-refractivity contribution in [3.05, 3.63) is 41.5 Å². The van der Waals surface area contributed by atoms with Gasteiger partial charge in [0.15, 0.2) is 0 Å². The fraction of sp³-hybridized carbons (Fsp3) is 0.526. The summed E-state index contributed by atoms with van der Waals surface area (Å²) in [4.78, 5) is 26.8. The lowest BCUT2D eigenvalue weighted by Gasteiger charge is -2.35. The molecule has 0 aliphatic carbocycles. The third-order valence-corrected chi connectivity index (χ3v) is 4.91. The number of tetrazole rings is 1. The van der Waals surface area contributed by atoms with E-state index < -0.39 is 12.1 Å². The standard InChI is InChI=1S/C19H25FN6O3/c1-3-29-19(28)21-16-5-4-10-25(12-16)18(27)17(26-13(2)22-23-24-26)11-14-6-8-15(20)9-7-14/h6-9,16-17H,3-5,10-12H2,1-2H3,(H,21,28)/t16-,17+/m1/s1. The van der Waals surface area contributed by atoms with Crippen molar-refractivity contribution in [2.45, 2.75) is 45.2 Å². The molecule has 2 atom stereocenters. The van der Waals surface area contributed by atoms with Gasteiger partial charge in [0.25, 0.3) is 0 Å². The van der Waals surface area contributed by atoms with Gasteiger partial charge >= 0.3 is 6.09 Å². The molecule has 0 unspecified atom stereocenters. The second-order valence-electron chi connectivity index (χ2n) is 7.01. The van der Waals surface area contributed by atoms with Gasteiger partial charge in [0, 0.05) is 25.6 Å². The zero-order valence-electron chi connectivity index (χ0n) is 16.5. The first kappa shape index (κ1) is 20.7.